The van der Waals surface area contributed by atoms with Crippen LogP contribution < -0.4 is 5.73 Å². The molecule has 1 saturated carbocycles. The van der Waals surface area contributed by atoms with E-state index in [1.807, 2.05) is 18.2 Å². The first-order chi connectivity index (χ1) is 9.10. The smallest absolute Gasteiger partial charge is 0.0840 e. The molecule has 104 valence electrons. The summed E-state index contributed by atoms with van der Waals surface area (Å²) < 4.78 is 6.88. The van der Waals surface area contributed by atoms with Crippen LogP contribution >= 0.6 is 15.9 Å². The first-order valence-electron chi connectivity index (χ1n) is 6.97. The van der Waals surface area contributed by atoms with E-state index in [1.54, 1.807) is 0 Å². The van der Waals surface area contributed by atoms with Crippen molar-refractivity contribution < 1.29 is 9.84 Å². The largest absolute Gasteiger partial charge is 0.398 e. The van der Waals surface area contributed by atoms with Crippen LogP contribution in [0, 0.1) is 5.92 Å². The van der Waals surface area contributed by atoms with Crippen molar-refractivity contribution in [2.75, 3.05) is 12.3 Å². The molecule has 2 unspecified atom stereocenters. The van der Waals surface area contributed by atoms with E-state index in [4.69, 9.17) is 10.5 Å². The molecule has 3 rings (SSSR count). The predicted molar refractivity (Wildman–Crippen MR) is 78.8 cm³/mol. The van der Waals surface area contributed by atoms with E-state index in [2.05, 4.69) is 15.9 Å². The summed E-state index contributed by atoms with van der Waals surface area (Å²) in [6, 6.07) is 5.69. The Labute approximate surface area is 122 Å². The number of halogens is 1. The van der Waals surface area contributed by atoms with Gasteiger partial charge < -0.3 is 15.6 Å². The van der Waals surface area contributed by atoms with Gasteiger partial charge in [-0.15, -0.1) is 0 Å². The average Bonchev–Trinajstić information content (AvgIpc) is 2.39. The van der Waals surface area contributed by atoms with Gasteiger partial charge in [-0.2, -0.15) is 0 Å². The Morgan fingerprint density at radius 2 is 2.21 bits per heavy atom. The summed E-state index contributed by atoms with van der Waals surface area (Å²) in [4.78, 5) is 0. The molecule has 1 aromatic rings. The summed E-state index contributed by atoms with van der Waals surface area (Å²) in [5.74, 6) is 0.255. The lowest BCUT2D eigenvalue weighted by Crippen LogP contribution is -2.46. The second-order valence-electron chi connectivity index (χ2n) is 5.86. The molecule has 1 heterocycles. The summed E-state index contributed by atoms with van der Waals surface area (Å²) in [5.41, 5.74) is 7.57. The van der Waals surface area contributed by atoms with Crippen LogP contribution in [-0.2, 0) is 4.74 Å². The summed E-state index contributed by atoms with van der Waals surface area (Å²) in [5, 5.41) is 10.6. The SMILES string of the molecule is Nc1ccc(Br)cc1C(O)C1CCOC2(CCC2)C1. The molecule has 0 aromatic heterocycles. The lowest BCUT2D eigenvalue weighted by atomic mass is 9.70. The second kappa shape index (κ2) is 5.08. The molecule has 1 aliphatic heterocycles. The lowest BCUT2D eigenvalue weighted by molar-refractivity contribution is -0.157. The van der Waals surface area contributed by atoms with E-state index in [0.717, 1.165) is 42.3 Å². The summed E-state index contributed by atoms with van der Waals surface area (Å²) in [7, 11) is 0. The Balaban J connectivity index is 1.79. The van der Waals surface area contributed by atoms with E-state index in [9.17, 15) is 5.11 Å². The minimum absolute atomic E-state index is 0.0602. The molecule has 3 nitrogen and oxygen atoms in total. The van der Waals surface area contributed by atoms with Gasteiger partial charge in [-0.3, -0.25) is 0 Å². The van der Waals surface area contributed by atoms with E-state index in [1.165, 1.54) is 6.42 Å². The van der Waals surface area contributed by atoms with Gasteiger partial charge in [-0.1, -0.05) is 15.9 Å². The molecule has 1 aliphatic carbocycles. The fourth-order valence-corrected chi connectivity index (χ4v) is 3.69. The highest BCUT2D eigenvalue weighted by Gasteiger charge is 2.44. The topological polar surface area (TPSA) is 55.5 Å². The van der Waals surface area contributed by atoms with Crippen molar-refractivity contribution in [2.24, 2.45) is 5.92 Å². The molecule has 19 heavy (non-hydrogen) atoms. The minimum atomic E-state index is -0.487. The highest BCUT2D eigenvalue weighted by atomic mass is 79.9. The molecule has 0 amide bonds. The van der Waals surface area contributed by atoms with Crippen LogP contribution in [0.2, 0.25) is 0 Å². The number of hydrogen-bond acceptors (Lipinski definition) is 3. The van der Waals surface area contributed by atoms with Crippen LogP contribution in [0.5, 0.6) is 0 Å². The third-order valence-corrected chi connectivity index (χ3v) is 5.10. The number of ether oxygens (including phenoxy) is 1. The monoisotopic (exact) mass is 325 g/mol. The van der Waals surface area contributed by atoms with Crippen molar-refractivity contribution in [1.29, 1.82) is 0 Å². The number of hydrogen-bond donors (Lipinski definition) is 2. The molecule has 0 bridgehead atoms. The predicted octanol–water partition coefficient (Wildman–Crippen LogP) is 3.41. The summed E-state index contributed by atoms with van der Waals surface area (Å²) in [6.07, 6.45) is 4.92. The van der Waals surface area contributed by atoms with Gasteiger partial charge in [0.25, 0.3) is 0 Å². The van der Waals surface area contributed by atoms with Crippen LogP contribution in [0.1, 0.15) is 43.8 Å². The van der Waals surface area contributed by atoms with Gasteiger partial charge in [-0.25, -0.2) is 0 Å². The number of rotatable bonds is 2. The van der Waals surface area contributed by atoms with Crippen LogP contribution in [-0.4, -0.2) is 17.3 Å². The van der Waals surface area contributed by atoms with Crippen LogP contribution in [0.4, 0.5) is 5.69 Å². The Morgan fingerprint density at radius 1 is 1.42 bits per heavy atom. The Bertz CT molecular complexity index is 473. The van der Waals surface area contributed by atoms with E-state index in [0.29, 0.717) is 5.69 Å². The molecule has 2 atom stereocenters. The Morgan fingerprint density at radius 3 is 2.89 bits per heavy atom. The van der Waals surface area contributed by atoms with Gasteiger partial charge in [0, 0.05) is 22.3 Å². The van der Waals surface area contributed by atoms with Gasteiger partial charge in [-0.05, 0) is 56.2 Å². The highest BCUT2D eigenvalue weighted by Crippen LogP contribution is 2.47. The zero-order valence-electron chi connectivity index (χ0n) is 10.9. The maximum absolute atomic E-state index is 10.6. The Hall–Kier alpha value is -0.580. The van der Waals surface area contributed by atoms with Crippen molar-refractivity contribution in [2.45, 2.75) is 43.8 Å². The van der Waals surface area contributed by atoms with Gasteiger partial charge in [0.05, 0.1) is 11.7 Å². The van der Waals surface area contributed by atoms with E-state index >= 15 is 0 Å². The van der Waals surface area contributed by atoms with Gasteiger partial charge in [0.1, 0.15) is 0 Å². The van der Waals surface area contributed by atoms with Crippen molar-refractivity contribution in [3.05, 3.63) is 28.2 Å². The first-order valence-corrected chi connectivity index (χ1v) is 7.76. The zero-order chi connectivity index (χ0) is 13.5. The van der Waals surface area contributed by atoms with Gasteiger partial charge >= 0.3 is 0 Å². The normalized spacial score (nSPS) is 26.9. The van der Waals surface area contributed by atoms with Gasteiger partial charge in [0.15, 0.2) is 0 Å². The third-order valence-electron chi connectivity index (χ3n) is 4.61. The molecule has 1 saturated heterocycles. The lowest BCUT2D eigenvalue weighted by Gasteiger charge is -2.48. The maximum atomic E-state index is 10.6. The number of aliphatic hydroxyl groups is 1. The number of nitrogens with two attached hydrogens (primary N) is 1. The third kappa shape index (κ3) is 2.54. The maximum Gasteiger partial charge on any atom is 0.0840 e. The fourth-order valence-electron chi connectivity index (χ4n) is 3.31. The van der Waals surface area contributed by atoms with Gasteiger partial charge in [0.2, 0.25) is 0 Å². The summed E-state index contributed by atoms with van der Waals surface area (Å²) in [6.45, 7) is 0.760. The number of benzene rings is 1. The standard InChI is InChI=1S/C15H20BrNO2/c16-11-2-3-13(17)12(8-11)14(18)10-4-7-19-15(9-10)5-1-6-15/h2-3,8,10,14,18H,1,4-7,9,17H2. The van der Waals surface area contributed by atoms with Crippen molar-refractivity contribution in [3.8, 4) is 0 Å². The van der Waals surface area contributed by atoms with Crippen LogP contribution in [0.3, 0.4) is 0 Å². The number of anilines is 1. The molecule has 4 heteroatoms. The zero-order valence-corrected chi connectivity index (χ0v) is 12.5. The van der Waals surface area contributed by atoms with Crippen LogP contribution in [0.15, 0.2) is 22.7 Å². The second-order valence-corrected chi connectivity index (χ2v) is 6.77. The number of aliphatic hydroxyl groups excluding tert-OH is 1. The molecular weight excluding hydrogens is 306 g/mol. The van der Waals surface area contributed by atoms with Crippen molar-refractivity contribution in [1.82, 2.24) is 0 Å². The first kappa shape index (κ1) is 13.4. The molecule has 1 aromatic carbocycles. The average molecular weight is 326 g/mol. The quantitative estimate of drug-likeness (QED) is 0.819. The molecule has 1 spiro atoms. The number of nitrogen functional groups attached to an aromatic ring is 1. The van der Waals surface area contributed by atoms with Crippen molar-refractivity contribution in [3.63, 3.8) is 0 Å². The molecule has 3 N–H and O–H groups in total. The highest BCUT2D eigenvalue weighted by molar-refractivity contribution is 9.10. The van der Waals surface area contributed by atoms with E-state index < -0.39 is 6.10 Å². The molecular formula is C15H20BrNO2. The Kier molecular flexibility index (Phi) is 3.58. The molecule has 2 fully saturated rings. The minimum Gasteiger partial charge on any atom is -0.398 e. The molecule has 2 aliphatic rings. The van der Waals surface area contributed by atoms with Crippen LogP contribution in [0.25, 0.3) is 0 Å². The summed E-state index contributed by atoms with van der Waals surface area (Å²) >= 11 is 3.44. The fraction of sp³-hybridized carbons (Fsp3) is 0.600. The molecule has 0 radical (unpaired) electrons. The van der Waals surface area contributed by atoms with Crippen molar-refractivity contribution >= 4 is 21.6 Å². The van der Waals surface area contributed by atoms with E-state index in [-0.39, 0.29) is 11.5 Å².